The minimum atomic E-state index is -1.79. The van der Waals surface area contributed by atoms with Crippen LogP contribution in [0.2, 0.25) is 0 Å². The van der Waals surface area contributed by atoms with E-state index in [0.29, 0.717) is 0 Å². The molecule has 4 atom stereocenters. The zero-order valence-corrected chi connectivity index (χ0v) is 8.37. The molecule has 0 radical (unpaired) electrons. The van der Waals surface area contributed by atoms with Crippen LogP contribution in [0.15, 0.2) is 0 Å². The quantitative estimate of drug-likeness (QED) is 0.318. The van der Waals surface area contributed by atoms with Gasteiger partial charge in [0.1, 0.15) is 24.4 Å². The van der Waals surface area contributed by atoms with Gasteiger partial charge in [0, 0.05) is 6.42 Å². The first-order valence-corrected chi connectivity index (χ1v) is 4.31. The van der Waals surface area contributed by atoms with Gasteiger partial charge in [0.05, 0.1) is 6.61 Å². The number of ketones is 1. The van der Waals surface area contributed by atoms with Crippen LogP contribution in [0.5, 0.6) is 0 Å². The lowest BCUT2D eigenvalue weighted by atomic mass is 9.99. The molecule has 0 aliphatic rings. The Bertz CT molecular complexity index is 184. The van der Waals surface area contributed by atoms with E-state index in [1.165, 1.54) is 6.92 Å². The lowest BCUT2D eigenvalue weighted by Crippen LogP contribution is -2.48. The highest BCUT2D eigenvalue weighted by Crippen LogP contribution is 2.07. The number of aliphatic hydroxyl groups excluding tert-OH is 5. The van der Waals surface area contributed by atoms with Crippen molar-refractivity contribution in [2.75, 3.05) is 6.61 Å². The van der Waals surface area contributed by atoms with E-state index in [1.807, 2.05) is 0 Å². The molecule has 0 spiro atoms. The lowest BCUT2D eigenvalue weighted by molar-refractivity contribution is -0.146. The number of carbonyl (C=O) groups excluding carboxylic acids is 1. The van der Waals surface area contributed by atoms with Crippen LogP contribution in [0, 0.1) is 0 Å². The topological polar surface area (TPSA) is 150 Å². The molecule has 0 saturated heterocycles. The highest BCUT2D eigenvalue weighted by atomic mass is 16.4. The van der Waals surface area contributed by atoms with Gasteiger partial charge in [-0.05, 0) is 0 Å². The molecule has 0 aromatic carbocycles. The van der Waals surface area contributed by atoms with E-state index in [9.17, 15) is 9.90 Å². The number of rotatable bonds is 6. The Morgan fingerprint density at radius 3 is 1.93 bits per heavy atom. The normalized spacial score (nSPS) is 18.5. The van der Waals surface area contributed by atoms with Crippen molar-refractivity contribution in [1.82, 2.24) is 0 Å². The van der Waals surface area contributed by atoms with E-state index < -0.39 is 36.8 Å². The molecule has 0 aromatic heterocycles. The van der Waals surface area contributed by atoms with Crippen molar-refractivity contribution in [3.05, 3.63) is 0 Å². The molecular weight excluding hydrogens is 208 g/mol. The predicted molar refractivity (Wildman–Crippen MR) is 50.0 cm³/mol. The van der Waals surface area contributed by atoms with Crippen LogP contribution in [0.4, 0.5) is 0 Å². The lowest BCUT2D eigenvalue weighted by Gasteiger charge is -2.24. The summed E-state index contributed by atoms with van der Waals surface area (Å²) in [6.07, 6.45) is -6.84. The maximum absolute atomic E-state index is 10.9. The molecule has 7 nitrogen and oxygen atoms in total. The molecule has 7 N–H and O–H groups in total. The summed E-state index contributed by atoms with van der Waals surface area (Å²) < 4.78 is 0. The van der Waals surface area contributed by atoms with Gasteiger partial charge in [0.25, 0.3) is 0 Å². The maximum Gasteiger partial charge on any atom is 0.163 e. The number of hydrogen-bond acceptors (Lipinski definition) is 6. The molecule has 0 saturated carbocycles. The molecule has 15 heavy (non-hydrogen) atoms. The van der Waals surface area contributed by atoms with Crippen LogP contribution in [-0.4, -0.2) is 67.8 Å². The number of carbonyl (C=O) groups is 1. The number of hydrogen-bond donors (Lipinski definition) is 5. The van der Waals surface area contributed by atoms with E-state index in [2.05, 4.69) is 0 Å². The zero-order chi connectivity index (χ0) is 11.3. The summed E-state index contributed by atoms with van der Waals surface area (Å²) in [5.74, 6) is -0.637. The van der Waals surface area contributed by atoms with Gasteiger partial charge in [-0.25, -0.2) is 0 Å². The van der Waals surface area contributed by atoms with Crippen molar-refractivity contribution in [2.24, 2.45) is 0 Å². The minimum absolute atomic E-state index is 0. The SMILES string of the molecule is CCC(=O)[C@H](O)[C@@H](O)[C@H](O)[C@H](O)CO.O. The van der Waals surface area contributed by atoms with E-state index >= 15 is 0 Å². The molecule has 0 rings (SSSR count). The first-order valence-electron chi connectivity index (χ1n) is 4.31. The second-order valence-electron chi connectivity index (χ2n) is 3.00. The van der Waals surface area contributed by atoms with Crippen LogP contribution >= 0.6 is 0 Å². The molecule has 0 aromatic rings. The third-order valence-corrected chi connectivity index (χ3v) is 1.93. The first kappa shape index (κ1) is 16.8. The highest BCUT2D eigenvalue weighted by Gasteiger charge is 2.32. The van der Waals surface area contributed by atoms with Crippen molar-refractivity contribution in [3.8, 4) is 0 Å². The molecule has 0 fully saturated rings. The van der Waals surface area contributed by atoms with Crippen molar-refractivity contribution in [2.45, 2.75) is 37.8 Å². The summed E-state index contributed by atoms with van der Waals surface area (Å²) in [5, 5.41) is 44.8. The third kappa shape index (κ3) is 4.65. The van der Waals surface area contributed by atoms with Crippen LogP contribution in [0.1, 0.15) is 13.3 Å². The Hall–Kier alpha value is -0.570. The Morgan fingerprint density at radius 2 is 1.60 bits per heavy atom. The van der Waals surface area contributed by atoms with E-state index in [0.717, 1.165) is 0 Å². The molecule has 0 heterocycles. The van der Waals surface area contributed by atoms with Crippen LogP contribution in [0.3, 0.4) is 0 Å². The smallest absolute Gasteiger partial charge is 0.163 e. The summed E-state index contributed by atoms with van der Waals surface area (Å²) >= 11 is 0. The van der Waals surface area contributed by atoms with Gasteiger partial charge in [-0.1, -0.05) is 6.92 Å². The minimum Gasteiger partial charge on any atom is -0.412 e. The fourth-order valence-electron chi connectivity index (χ4n) is 0.922. The fourth-order valence-corrected chi connectivity index (χ4v) is 0.922. The molecule has 0 bridgehead atoms. The van der Waals surface area contributed by atoms with Gasteiger partial charge in [0.2, 0.25) is 0 Å². The Balaban J connectivity index is 0. The summed E-state index contributed by atoms with van der Waals surface area (Å²) in [5.41, 5.74) is 0. The second-order valence-corrected chi connectivity index (χ2v) is 3.00. The summed E-state index contributed by atoms with van der Waals surface area (Å²) in [4.78, 5) is 10.9. The van der Waals surface area contributed by atoms with Gasteiger partial charge in [-0.15, -0.1) is 0 Å². The van der Waals surface area contributed by atoms with E-state index in [4.69, 9.17) is 20.4 Å². The summed E-state index contributed by atoms with van der Waals surface area (Å²) in [7, 11) is 0. The third-order valence-electron chi connectivity index (χ3n) is 1.93. The standard InChI is InChI=1S/C8H16O6.H2O/c1-2-4(10)6(12)8(14)7(13)5(11)3-9;/h5-9,11-14H,2-3H2,1H3;1H2/t5-,6+,7-,8-;/m1./s1. The van der Waals surface area contributed by atoms with Gasteiger partial charge in [-0.2, -0.15) is 0 Å². The van der Waals surface area contributed by atoms with Crippen LogP contribution < -0.4 is 0 Å². The van der Waals surface area contributed by atoms with E-state index in [-0.39, 0.29) is 11.9 Å². The van der Waals surface area contributed by atoms with Gasteiger partial charge >= 0.3 is 0 Å². The molecule has 0 aliphatic carbocycles. The van der Waals surface area contributed by atoms with Gasteiger partial charge in [0.15, 0.2) is 5.78 Å². The van der Waals surface area contributed by atoms with Crippen LogP contribution in [0.25, 0.3) is 0 Å². The van der Waals surface area contributed by atoms with Gasteiger partial charge < -0.3 is 31.0 Å². The molecule has 92 valence electrons. The molecule has 7 heteroatoms. The summed E-state index contributed by atoms with van der Waals surface area (Å²) in [6, 6.07) is 0. The van der Waals surface area contributed by atoms with E-state index in [1.54, 1.807) is 0 Å². The molecular formula is C8H18O7. The molecule has 0 aliphatic heterocycles. The van der Waals surface area contributed by atoms with Gasteiger partial charge in [-0.3, -0.25) is 4.79 Å². The molecule has 0 unspecified atom stereocenters. The van der Waals surface area contributed by atoms with Crippen LogP contribution in [-0.2, 0) is 4.79 Å². The largest absolute Gasteiger partial charge is 0.412 e. The zero-order valence-electron chi connectivity index (χ0n) is 8.37. The monoisotopic (exact) mass is 226 g/mol. The Labute approximate surface area is 86.9 Å². The Morgan fingerprint density at radius 1 is 1.13 bits per heavy atom. The van der Waals surface area contributed by atoms with Crippen molar-refractivity contribution < 1.29 is 35.8 Å². The Kier molecular flexibility index (Phi) is 8.63. The summed E-state index contributed by atoms with van der Waals surface area (Å²) in [6.45, 7) is 0.735. The predicted octanol–water partition coefficient (Wildman–Crippen LogP) is -3.42. The molecule has 0 amide bonds. The second kappa shape index (κ2) is 7.69. The number of aliphatic hydroxyl groups is 5. The fraction of sp³-hybridized carbons (Fsp3) is 0.875. The maximum atomic E-state index is 10.9. The average molecular weight is 226 g/mol. The average Bonchev–Trinajstić information content (AvgIpc) is 2.23. The first-order chi connectivity index (χ1) is 6.45. The van der Waals surface area contributed by atoms with Crippen molar-refractivity contribution >= 4 is 5.78 Å². The number of Topliss-reactive ketones (excluding diaryl/α,β-unsaturated/α-hetero) is 1. The van der Waals surface area contributed by atoms with Crippen molar-refractivity contribution in [3.63, 3.8) is 0 Å². The van der Waals surface area contributed by atoms with Crippen molar-refractivity contribution in [1.29, 1.82) is 0 Å². The highest BCUT2D eigenvalue weighted by molar-refractivity contribution is 5.83.